The largest absolute Gasteiger partial charge is 0.339 e. The molecule has 0 spiro atoms. The summed E-state index contributed by atoms with van der Waals surface area (Å²) >= 11 is 0. The van der Waals surface area contributed by atoms with Crippen LogP contribution in [0.25, 0.3) is 0 Å². The summed E-state index contributed by atoms with van der Waals surface area (Å²) in [5.74, 6) is 0.722. The van der Waals surface area contributed by atoms with Crippen molar-refractivity contribution in [3.8, 4) is 0 Å². The van der Waals surface area contributed by atoms with Crippen LogP contribution in [0.15, 0.2) is 24.3 Å². The lowest BCUT2D eigenvalue weighted by Gasteiger charge is -2.32. The molecule has 0 atom stereocenters. The highest BCUT2D eigenvalue weighted by Gasteiger charge is 2.24. The Morgan fingerprint density at radius 3 is 2.79 bits per heavy atom. The monoisotopic (exact) mass is 330 g/mol. The van der Waals surface area contributed by atoms with E-state index in [9.17, 15) is 9.59 Å². The van der Waals surface area contributed by atoms with E-state index in [1.807, 2.05) is 36.2 Å². The summed E-state index contributed by atoms with van der Waals surface area (Å²) in [4.78, 5) is 28.4. The molecule has 3 rings (SSSR count). The summed E-state index contributed by atoms with van der Waals surface area (Å²) in [7, 11) is 1.97. The Kier molecular flexibility index (Phi) is 5.35. The Labute approximate surface area is 143 Å². The number of piperidine rings is 1. The van der Waals surface area contributed by atoms with Crippen LogP contribution in [0, 0.1) is 5.92 Å². The Hall–Kier alpha value is -2.08. The molecule has 0 aromatic heterocycles. The molecule has 2 fully saturated rings. The van der Waals surface area contributed by atoms with E-state index in [1.54, 1.807) is 4.90 Å². The molecule has 0 radical (unpaired) electrons. The van der Waals surface area contributed by atoms with Crippen molar-refractivity contribution < 1.29 is 9.59 Å². The maximum Gasteiger partial charge on any atom is 0.321 e. The quantitative estimate of drug-likeness (QED) is 0.883. The van der Waals surface area contributed by atoms with Crippen molar-refractivity contribution >= 4 is 17.6 Å². The molecule has 2 aliphatic rings. The first kappa shape index (κ1) is 16.8. The normalized spacial score (nSPS) is 19.3. The van der Waals surface area contributed by atoms with Crippen LogP contribution in [0.5, 0.6) is 0 Å². The van der Waals surface area contributed by atoms with Gasteiger partial charge in [0.2, 0.25) is 0 Å². The summed E-state index contributed by atoms with van der Waals surface area (Å²) in [6, 6.07) is 7.35. The van der Waals surface area contributed by atoms with Crippen molar-refractivity contribution in [3.63, 3.8) is 0 Å². The van der Waals surface area contributed by atoms with Gasteiger partial charge in [0.05, 0.1) is 0 Å². The molecule has 24 heavy (non-hydrogen) atoms. The lowest BCUT2D eigenvalue weighted by atomic mass is 9.96. The second-order valence-electron chi connectivity index (χ2n) is 6.58. The van der Waals surface area contributed by atoms with E-state index in [0.717, 1.165) is 51.1 Å². The maximum absolute atomic E-state index is 12.8. The highest BCUT2D eigenvalue weighted by Crippen LogP contribution is 2.22. The smallest absolute Gasteiger partial charge is 0.321 e. The highest BCUT2D eigenvalue weighted by atomic mass is 16.2. The SMILES string of the molecule is CNCC1CCN(C(=O)c2cccc(N3CCCNC3=O)c2)CC1. The number of rotatable bonds is 4. The number of likely N-dealkylation sites (tertiary alicyclic amines) is 1. The number of urea groups is 1. The first-order valence-electron chi connectivity index (χ1n) is 8.78. The molecular formula is C18H26N4O2. The van der Waals surface area contributed by atoms with Gasteiger partial charge >= 0.3 is 6.03 Å². The molecule has 0 aliphatic carbocycles. The van der Waals surface area contributed by atoms with Gasteiger partial charge in [-0.25, -0.2) is 4.79 Å². The molecular weight excluding hydrogens is 304 g/mol. The molecule has 0 unspecified atom stereocenters. The van der Waals surface area contributed by atoms with Crippen molar-refractivity contribution in [2.45, 2.75) is 19.3 Å². The molecule has 1 aromatic carbocycles. The number of hydrogen-bond donors (Lipinski definition) is 2. The van der Waals surface area contributed by atoms with E-state index in [-0.39, 0.29) is 11.9 Å². The number of benzene rings is 1. The Morgan fingerprint density at radius 2 is 2.08 bits per heavy atom. The number of carbonyl (C=O) groups excluding carboxylic acids is 2. The van der Waals surface area contributed by atoms with Crippen molar-refractivity contribution in [3.05, 3.63) is 29.8 Å². The minimum atomic E-state index is -0.0845. The van der Waals surface area contributed by atoms with Crippen molar-refractivity contribution in [2.75, 3.05) is 44.7 Å². The van der Waals surface area contributed by atoms with Gasteiger partial charge in [0.25, 0.3) is 5.91 Å². The summed E-state index contributed by atoms with van der Waals surface area (Å²) in [5.41, 5.74) is 1.46. The fourth-order valence-electron chi connectivity index (χ4n) is 3.49. The average Bonchev–Trinajstić information content (AvgIpc) is 2.62. The van der Waals surface area contributed by atoms with Crippen LogP contribution >= 0.6 is 0 Å². The van der Waals surface area contributed by atoms with Crippen LogP contribution < -0.4 is 15.5 Å². The number of carbonyl (C=O) groups is 2. The lowest BCUT2D eigenvalue weighted by molar-refractivity contribution is 0.0691. The van der Waals surface area contributed by atoms with E-state index < -0.39 is 0 Å². The first-order valence-corrected chi connectivity index (χ1v) is 8.78. The minimum absolute atomic E-state index is 0.0668. The molecule has 0 bridgehead atoms. The predicted molar refractivity (Wildman–Crippen MR) is 94.4 cm³/mol. The molecule has 0 saturated carbocycles. The Balaban J connectivity index is 1.67. The van der Waals surface area contributed by atoms with E-state index >= 15 is 0 Å². The number of nitrogens with zero attached hydrogens (tertiary/aromatic N) is 2. The number of nitrogens with one attached hydrogen (secondary N) is 2. The van der Waals surface area contributed by atoms with Crippen LogP contribution in [-0.2, 0) is 0 Å². The van der Waals surface area contributed by atoms with Crippen molar-refractivity contribution in [1.29, 1.82) is 0 Å². The molecule has 2 aliphatic heterocycles. The van der Waals surface area contributed by atoms with Gasteiger partial charge in [-0.05, 0) is 57.0 Å². The van der Waals surface area contributed by atoms with Gasteiger partial charge in [0, 0.05) is 37.4 Å². The molecule has 130 valence electrons. The average molecular weight is 330 g/mol. The van der Waals surface area contributed by atoms with Crippen molar-refractivity contribution in [2.24, 2.45) is 5.92 Å². The van der Waals surface area contributed by atoms with Crippen LogP contribution in [0.4, 0.5) is 10.5 Å². The number of anilines is 1. The molecule has 1 aromatic rings. The summed E-state index contributed by atoms with van der Waals surface area (Å²) < 4.78 is 0. The summed E-state index contributed by atoms with van der Waals surface area (Å²) in [6.07, 6.45) is 3.00. The third-order valence-corrected chi connectivity index (χ3v) is 4.88. The fourth-order valence-corrected chi connectivity index (χ4v) is 3.49. The van der Waals surface area contributed by atoms with Crippen molar-refractivity contribution in [1.82, 2.24) is 15.5 Å². The third-order valence-electron chi connectivity index (χ3n) is 4.88. The molecule has 6 heteroatoms. The van der Waals surface area contributed by atoms with E-state index in [0.29, 0.717) is 18.0 Å². The van der Waals surface area contributed by atoms with E-state index in [4.69, 9.17) is 0 Å². The standard InChI is InChI=1S/C18H26N4O2/c1-19-13-14-6-10-21(11-7-14)17(23)15-4-2-5-16(12-15)22-9-3-8-20-18(22)24/h2,4-5,12,14,19H,3,6-11,13H2,1H3,(H,20,24). The number of hydrogen-bond acceptors (Lipinski definition) is 3. The summed E-state index contributed by atoms with van der Waals surface area (Å²) in [5, 5.41) is 6.06. The van der Waals surface area contributed by atoms with Crippen LogP contribution in [-0.4, -0.2) is 56.6 Å². The van der Waals surface area contributed by atoms with Gasteiger partial charge in [-0.2, -0.15) is 0 Å². The molecule has 2 saturated heterocycles. The highest BCUT2D eigenvalue weighted by molar-refractivity contribution is 5.98. The number of amides is 3. The molecule has 6 nitrogen and oxygen atoms in total. The zero-order chi connectivity index (χ0) is 16.9. The maximum atomic E-state index is 12.8. The zero-order valence-electron chi connectivity index (χ0n) is 14.3. The van der Waals surface area contributed by atoms with E-state index in [2.05, 4.69) is 10.6 Å². The molecule has 3 amide bonds. The van der Waals surface area contributed by atoms with Gasteiger partial charge in [-0.1, -0.05) is 6.07 Å². The van der Waals surface area contributed by atoms with Crippen LogP contribution in [0.2, 0.25) is 0 Å². The Morgan fingerprint density at radius 1 is 1.29 bits per heavy atom. The van der Waals surface area contributed by atoms with Crippen LogP contribution in [0.1, 0.15) is 29.6 Å². The topological polar surface area (TPSA) is 64.7 Å². The van der Waals surface area contributed by atoms with Crippen LogP contribution in [0.3, 0.4) is 0 Å². The molecule has 2 N–H and O–H groups in total. The van der Waals surface area contributed by atoms with Gasteiger partial charge in [-0.3, -0.25) is 9.69 Å². The molecule has 2 heterocycles. The Bertz CT molecular complexity index is 596. The fraction of sp³-hybridized carbons (Fsp3) is 0.556. The van der Waals surface area contributed by atoms with Gasteiger partial charge in [0.1, 0.15) is 0 Å². The van der Waals surface area contributed by atoms with E-state index in [1.165, 1.54) is 0 Å². The summed E-state index contributed by atoms with van der Waals surface area (Å²) in [6.45, 7) is 4.04. The second-order valence-corrected chi connectivity index (χ2v) is 6.58. The first-order chi connectivity index (χ1) is 11.7. The predicted octanol–water partition coefficient (Wildman–Crippen LogP) is 1.68. The van der Waals surface area contributed by atoms with Gasteiger partial charge in [0.15, 0.2) is 0 Å². The minimum Gasteiger partial charge on any atom is -0.339 e. The van der Waals surface area contributed by atoms with Gasteiger partial charge in [-0.15, -0.1) is 0 Å². The second kappa shape index (κ2) is 7.66. The van der Waals surface area contributed by atoms with Gasteiger partial charge < -0.3 is 15.5 Å². The zero-order valence-corrected chi connectivity index (χ0v) is 14.3. The third kappa shape index (κ3) is 3.70. The lowest BCUT2D eigenvalue weighted by Crippen LogP contribution is -2.46.